The van der Waals surface area contributed by atoms with E-state index in [0.717, 1.165) is 25.1 Å². The van der Waals surface area contributed by atoms with Crippen molar-refractivity contribution in [1.29, 1.82) is 0 Å². The van der Waals surface area contributed by atoms with Gasteiger partial charge in [0.25, 0.3) is 0 Å². The summed E-state index contributed by atoms with van der Waals surface area (Å²) in [4.78, 5) is 0. The third-order valence-corrected chi connectivity index (χ3v) is 3.37. The molecule has 2 nitrogen and oxygen atoms in total. The fourth-order valence-corrected chi connectivity index (χ4v) is 2.45. The van der Waals surface area contributed by atoms with Crippen LogP contribution in [0.1, 0.15) is 24.5 Å². The normalized spacial score (nSPS) is 18.4. The number of hydrogen-bond donors (Lipinski definition) is 1. The van der Waals surface area contributed by atoms with Crippen molar-refractivity contribution in [2.24, 2.45) is 0 Å². The molecule has 0 aliphatic heterocycles. The van der Waals surface area contributed by atoms with E-state index in [9.17, 15) is 0 Å². The van der Waals surface area contributed by atoms with Gasteiger partial charge in [0.1, 0.15) is 0 Å². The van der Waals surface area contributed by atoms with Crippen molar-refractivity contribution in [2.45, 2.75) is 32.2 Å². The lowest BCUT2D eigenvalue weighted by atomic mass is 9.88. The molecule has 1 aromatic rings. The lowest BCUT2D eigenvalue weighted by molar-refractivity contribution is 0.154. The minimum absolute atomic E-state index is 0.605. The number of benzene rings is 1. The van der Waals surface area contributed by atoms with Gasteiger partial charge in [0.05, 0.1) is 13.2 Å². The summed E-state index contributed by atoms with van der Waals surface area (Å²) in [6.45, 7) is 8.19. The van der Waals surface area contributed by atoms with Gasteiger partial charge in [0.15, 0.2) is 0 Å². The Kier molecular flexibility index (Phi) is 4.97. The molecule has 0 spiro atoms. The highest BCUT2D eigenvalue weighted by Gasteiger charge is 2.16. The van der Waals surface area contributed by atoms with Crippen LogP contribution in [0.15, 0.2) is 36.4 Å². The summed E-state index contributed by atoms with van der Waals surface area (Å²) in [5.74, 6) is 0. The molecule has 0 saturated carbocycles. The minimum Gasteiger partial charge on any atom is -0.376 e. The van der Waals surface area contributed by atoms with Gasteiger partial charge in [-0.3, -0.25) is 0 Å². The maximum Gasteiger partial charge on any atom is 0.0672 e. The van der Waals surface area contributed by atoms with E-state index in [-0.39, 0.29) is 0 Å². The van der Waals surface area contributed by atoms with Crippen LogP contribution in [0.2, 0.25) is 0 Å². The van der Waals surface area contributed by atoms with Gasteiger partial charge in [-0.1, -0.05) is 36.4 Å². The van der Waals surface area contributed by atoms with Crippen LogP contribution in [0.3, 0.4) is 0 Å². The summed E-state index contributed by atoms with van der Waals surface area (Å²) >= 11 is 0. The molecular formula is C16H23NO. The molecule has 98 valence electrons. The SMILES string of the molecule is C=C(C)COCCNC1CCc2ccccc2C1. The van der Waals surface area contributed by atoms with Crippen LogP contribution >= 0.6 is 0 Å². The maximum atomic E-state index is 5.49. The van der Waals surface area contributed by atoms with Gasteiger partial charge in [-0.15, -0.1) is 0 Å². The topological polar surface area (TPSA) is 21.3 Å². The summed E-state index contributed by atoms with van der Waals surface area (Å²) in [6, 6.07) is 9.38. The Labute approximate surface area is 110 Å². The summed E-state index contributed by atoms with van der Waals surface area (Å²) in [5.41, 5.74) is 4.11. The van der Waals surface area contributed by atoms with Crippen LogP contribution in [0.4, 0.5) is 0 Å². The second-order valence-corrected chi connectivity index (χ2v) is 5.17. The molecule has 2 heteroatoms. The smallest absolute Gasteiger partial charge is 0.0672 e. The lowest BCUT2D eigenvalue weighted by Gasteiger charge is -2.25. The van der Waals surface area contributed by atoms with E-state index in [2.05, 4.69) is 36.2 Å². The summed E-state index contributed by atoms with van der Waals surface area (Å²) in [5, 5.41) is 3.58. The fraction of sp³-hybridized carbons (Fsp3) is 0.500. The molecule has 1 N–H and O–H groups in total. The predicted octanol–water partition coefficient (Wildman–Crippen LogP) is 2.73. The molecule has 1 aliphatic carbocycles. The molecule has 0 heterocycles. The molecule has 0 fully saturated rings. The Balaban J connectivity index is 1.68. The van der Waals surface area contributed by atoms with Crippen molar-refractivity contribution in [3.8, 4) is 0 Å². The van der Waals surface area contributed by atoms with Crippen molar-refractivity contribution < 1.29 is 4.74 Å². The molecule has 1 aliphatic rings. The second kappa shape index (κ2) is 6.72. The van der Waals surface area contributed by atoms with E-state index < -0.39 is 0 Å². The third kappa shape index (κ3) is 3.97. The zero-order valence-corrected chi connectivity index (χ0v) is 11.2. The van der Waals surface area contributed by atoms with Crippen LogP contribution in [0.25, 0.3) is 0 Å². The van der Waals surface area contributed by atoms with Crippen LogP contribution < -0.4 is 5.32 Å². The molecule has 1 unspecified atom stereocenters. The molecule has 1 aromatic carbocycles. The van der Waals surface area contributed by atoms with Gasteiger partial charge < -0.3 is 10.1 Å². The van der Waals surface area contributed by atoms with E-state index in [1.54, 1.807) is 0 Å². The van der Waals surface area contributed by atoms with Gasteiger partial charge in [0, 0.05) is 12.6 Å². The van der Waals surface area contributed by atoms with Gasteiger partial charge in [-0.2, -0.15) is 0 Å². The standard InChI is InChI=1S/C16H23NO/c1-13(2)12-18-10-9-17-16-8-7-14-5-3-4-6-15(14)11-16/h3-6,16-17H,1,7-12H2,2H3. The molecule has 0 radical (unpaired) electrons. The zero-order chi connectivity index (χ0) is 12.8. The summed E-state index contributed by atoms with van der Waals surface area (Å²) < 4.78 is 5.49. The highest BCUT2D eigenvalue weighted by molar-refractivity contribution is 5.30. The average molecular weight is 245 g/mol. The van der Waals surface area contributed by atoms with Gasteiger partial charge in [-0.05, 0) is 37.3 Å². The Bertz CT molecular complexity index is 400. The quantitative estimate of drug-likeness (QED) is 0.614. The average Bonchev–Trinajstić information content (AvgIpc) is 2.38. The number of nitrogens with one attached hydrogen (secondary N) is 1. The molecule has 1 atom stereocenters. The highest BCUT2D eigenvalue weighted by atomic mass is 16.5. The van der Waals surface area contributed by atoms with Crippen LogP contribution in [0, 0.1) is 0 Å². The van der Waals surface area contributed by atoms with E-state index in [1.807, 2.05) is 6.92 Å². The highest BCUT2D eigenvalue weighted by Crippen LogP contribution is 2.20. The first-order chi connectivity index (χ1) is 8.75. The minimum atomic E-state index is 0.605. The maximum absolute atomic E-state index is 5.49. The Morgan fingerprint density at radius 2 is 2.17 bits per heavy atom. The first-order valence-electron chi connectivity index (χ1n) is 6.78. The largest absolute Gasteiger partial charge is 0.376 e. The van der Waals surface area contributed by atoms with Crippen molar-refractivity contribution in [3.63, 3.8) is 0 Å². The molecule has 2 rings (SSSR count). The first-order valence-corrected chi connectivity index (χ1v) is 6.78. The second-order valence-electron chi connectivity index (χ2n) is 5.17. The van der Waals surface area contributed by atoms with Gasteiger partial charge in [0.2, 0.25) is 0 Å². The Morgan fingerprint density at radius 1 is 1.39 bits per heavy atom. The number of hydrogen-bond acceptors (Lipinski definition) is 2. The first kappa shape index (κ1) is 13.3. The summed E-state index contributed by atoms with van der Waals surface area (Å²) in [6.07, 6.45) is 3.58. The summed E-state index contributed by atoms with van der Waals surface area (Å²) in [7, 11) is 0. The molecule has 0 bridgehead atoms. The molecule has 0 amide bonds. The lowest BCUT2D eigenvalue weighted by Crippen LogP contribution is -2.36. The zero-order valence-electron chi connectivity index (χ0n) is 11.2. The molecule has 18 heavy (non-hydrogen) atoms. The molecular weight excluding hydrogens is 222 g/mol. The number of aryl methyl sites for hydroxylation is 1. The fourth-order valence-electron chi connectivity index (χ4n) is 2.45. The van der Waals surface area contributed by atoms with Crippen LogP contribution in [0.5, 0.6) is 0 Å². The van der Waals surface area contributed by atoms with Gasteiger partial charge in [-0.25, -0.2) is 0 Å². The third-order valence-electron chi connectivity index (χ3n) is 3.37. The monoisotopic (exact) mass is 245 g/mol. The van der Waals surface area contributed by atoms with E-state index >= 15 is 0 Å². The predicted molar refractivity (Wildman–Crippen MR) is 75.9 cm³/mol. The van der Waals surface area contributed by atoms with Crippen molar-refractivity contribution in [1.82, 2.24) is 5.32 Å². The van der Waals surface area contributed by atoms with Crippen molar-refractivity contribution >= 4 is 0 Å². The Hall–Kier alpha value is -1.12. The van der Waals surface area contributed by atoms with E-state index in [4.69, 9.17) is 4.74 Å². The molecule has 0 saturated heterocycles. The van der Waals surface area contributed by atoms with Crippen LogP contribution in [-0.4, -0.2) is 25.8 Å². The van der Waals surface area contributed by atoms with Crippen LogP contribution in [-0.2, 0) is 17.6 Å². The van der Waals surface area contributed by atoms with Crippen molar-refractivity contribution in [2.75, 3.05) is 19.8 Å². The Morgan fingerprint density at radius 3 is 2.94 bits per heavy atom. The van der Waals surface area contributed by atoms with Crippen molar-refractivity contribution in [3.05, 3.63) is 47.5 Å². The number of ether oxygens (including phenoxy) is 1. The van der Waals surface area contributed by atoms with Gasteiger partial charge >= 0.3 is 0 Å². The van der Waals surface area contributed by atoms with E-state index in [1.165, 1.54) is 24.0 Å². The van der Waals surface area contributed by atoms with E-state index in [0.29, 0.717) is 12.6 Å². The number of rotatable bonds is 6. The molecule has 0 aromatic heterocycles. The number of fused-ring (bicyclic) bond motifs is 1.